The molecule has 6 heteroatoms. The third kappa shape index (κ3) is 3.03. The minimum Gasteiger partial charge on any atom is -0.480 e. The predicted octanol–water partition coefficient (Wildman–Crippen LogP) is 1.27. The molecule has 1 aromatic rings. The number of nitrogens with zero attached hydrogens (tertiary/aromatic N) is 2. The summed E-state index contributed by atoms with van der Waals surface area (Å²) in [5.74, 6) is -1.28. The summed E-state index contributed by atoms with van der Waals surface area (Å²) >= 11 is 1.48. The van der Waals surface area contributed by atoms with Gasteiger partial charge in [0, 0.05) is 12.3 Å². The number of carbonyl (C=O) groups is 2. The number of carboxylic acids is 1. The molecule has 0 spiro atoms. The Balaban J connectivity index is 2.80. The van der Waals surface area contributed by atoms with Crippen LogP contribution in [0.15, 0.2) is 5.38 Å². The lowest BCUT2D eigenvalue weighted by molar-refractivity contribution is -0.149. The van der Waals surface area contributed by atoms with Crippen LogP contribution in [-0.2, 0) is 16.1 Å². The molecule has 1 atom stereocenters. The fraction of sp³-hybridized carbons (Fsp3) is 0.500. The highest BCUT2D eigenvalue weighted by atomic mass is 32.1. The lowest BCUT2D eigenvalue weighted by atomic mass is 10.2. The number of carbonyl (C=O) groups excluding carboxylic acids is 1. The molecule has 88 valence electrons. The van der Waals surface area contributed by atoms with Crippen LogP contribution < -0.4 is 0 Å². The van der Waals surface area contributed by atoms with Crippen LogP contribution in [0.1, 0.15) is 24.5 Å². The number of rotatable bonds is 4. The Bertz CT molecular complexity index is 403. The largest absolute Gasteiger partial charge is 0.480 e. The standard InChI is InChI=1S/C10H14N2O3S/c1-6(10(14)15)12(8(3)13)4-9-5-16-7(2)11-9/h5-6H,4H2,1-3H3,(H,14,15). The van der Waals surface area contributed by atoms with E-state index in [2.05, 4.69) is 4.98 Å². The van der Waals surface area contributed by atoms with Crippen molar-refractivity contribution in [2.75, 3.05) is 0 Å². The van der Waals surface area contributed by atoms with Gasteiger partial charge >= 0.3 is 5.97 Å². The summed E-state index contributed by atoms with van der Waals surface area (Å²) < 4.78 is 0. The normalized spacial score (nSPS) is 12.2. The Morgan fingerprint density at radius 2 is 2.25 bits per heavy atom. The lowest BCUT2D eigenvalue weighted by Crippen LogP contribution is -2.41. The van der Waals surface area contributed by atoms with E-state index >= 15 is 0 Å². The monoisotopic (exact) mass is 242 g/mol. The molecular weight excluding hydrogens is 228 g/mol. The fourth-order valence-electron chi connectivity index (χ4n) is 1.31. The van der Waals surface area contributed by atoms with Crippen molar-refractivity contribution in [3.63, 3.8) is 0 Å². The average Bonchev–Trinajstić information content (AvgIpc) is 2.59. The van der Waals surface area contributed by atoms with Crippen LogP contribution in [0.4, 0.5) is 0 Å². The molecule has 0 aliphatic heterocycles. The van der Waals surface area contributed by atoms with Gasteiger partial charge in [-0.2, -0.15) is 0 Å². The zero-order valence-electron chi connectivity index (χ0n) is 9.43. The van der Waals surface area contributed by atoms with Crippen LogP contribution in [0, 0.1) is 6.92 Å². The summed E-state index contributed by atoms with van der Waals surface area (Å²) in [5.41, 5.74) is 0.728. The zero-order valence-corrected chi connectivity index (χ0v) is 10.2. The van der Waals surface area contributed by atoms with Gasteiger partial charge in [0.2, 0.25) is 5.91 Å². The maximum atomic E-state index is 11.3. The molecule has 0 bridgehead atoms. The third-order valence-electron chi connectivity index (χ3n) is 2.23. The maximum absolute atomic E-state index is 11.3. The maximum Gasteiger partial charge on any atom is 0.326 e. The Hall–Kier alpha value is -1.43. The van der Waals surface area contributed by atoms with E-state index in [4.69, 9.17) is 5.11 Å². The van der Waals surface area contributed by atoms with E-state index in [-0.39, 0.29) is 12.5 Å². The summed E-state index contributed by atoms with van der Waals surface area (Å²) in [5, 5.41) is 11.6. The van der Waals surface area contributed by atoms with E-state index in [0.717, 1.165) is 10.7 Å². The Morgan fingerprint density at radius 3 is 2.62 bits per heavy atom. The minimum absolute atomic E-state index is 0.243. The van der Waals surface area contributed by atoms with Gasteiger partial charge < -0.3 is 10.0 Å². The van der Waals surface area contributed by atoms with Crippen LogP contribution in [0.3, 0.4) is 0 Å². The van der Waals surface area contributed by atoms with Crippen molar-refractivity contribution in [2.45, 2.75) is 33.4 Å². The van der Waals surface area contributed by atoms with Crippen molar-refractivity contribution < 1.29 is 14.7 Å². The van der Waals surface area contributed by atoms with Crippen molar-refractivity contribution in [3.8, 4) is 0 Å². The number of aromatic nitrogens is 1. The van der Waals surface area contributed by atoms with Gasteiger partial charge in [-0.25, -0.2) is 9.78 Å². The second-order valence-corrected chi connectivity index (χ2v) is 4.58. The Labute approximate surface area is 97.7 Å². The molecule has 0 aliphatic rings. The molecule has 0 radical (unpaired) electrons. The van der Waals surface area contributed by atoms with Crippen LogP contribution in [0.5, 0.6) is 0 Å². The molecule has 16 heavy (non-hydrogen) atoms. The zero-order chi connectivity index (χ0) is 12.3. The Morgan fingerprint density at radius 1 is 1.62 bits per heavy atom. The predicted molar refractivity (Wildman–Crippen MR) is 60.2 cm³/mol. The van der Waals surface area contributed by atoms with Gasteiger partial charge in [-0.15, -0.1) is 11.3 Å². The fourth-order valence-corrected chi connectivity index (χ4v) is 1.91. The number of amides is 1. The van der Waals surface area contributed by atoms with E-state index in [1.807, 2.05) is 12.3 Å². The summed E-state index contributed by atoms with van der Waals surface area (Å²) in [6.07, 6.45) is 0. The smallest absolute Gasteiger partial charge is 0.326 e. The molecule has 1 heterocycles. The molecule has 0 saturated carbocycles. The molecule has 1 N–H and O–H groups in total. The van der Waals surface area contributed by atoms with Crippen molar-refractivity contribution in [1.82, 2.24) is 9.88 Å². The number of thiazole rings is 1. The van der Waals surface area contributed by atoms with Crippen LogP contribution >= 0.6 is 11.3 Å². The van der Waals surface area contributed by atoms with E-state index in [0.29, 0.717) is 0 Å². The van der Waals surface area contributed by atoms with E-state index in [1.54, 1.807) is 0 Å². The molecule has 5 nitrogen and oxygen atoms in total. The van der Waals surface area contributed by atoms with E-state index < -0.39 is 12.0 Å². The molecule has 1 aromatic heterocycles. The number of hydrogen-bond donors (Lipinski definition) is 1. The van der Waals surface area contributed by atoms with Crippen LogP contribution in [-0.4, -0.2) is 32.9 Å². The van der Waals surface area contributed by atoms with Crippen LogP contribution in [0.2, 0.25) is 0 Å². The Kier molecular flexibility index (Phi) is 4.00. The molecule has 1 unspecified atom stereocenters. The van der Waals surface area contributed by atoms with Crippen molar-refractivity contribution in [2.24, 2.45) is 0 Å². The SMILES string of the molecule is CC(=O)N(Cc1csc(C)n1)C(C)C(=O)O. The topological polar surface area (TPSA) is 70.5 Å². The van der Waals surface area contributed by atoms with Gasteiger partial charge in [-0.3, -0.25) is 4.79 Å². The molecular formula is C10H14N2O3S. The summed E-state index contributed by atoms with van der Waals surface area (Å²) in [4.78, 5) is 27.7. The molecule has 0 aliphatic carbocycles. The van der Waals surface area contributed by atoms with Gasteiger partial charge in [0.1, 0.15) is 6.04 Å². The highest BCUT2D eigenvalue weighted by Crippen LogP contribution is 2.12. The number of carboxylic acid groups (broad SMARTS) is 1. The van der Waals surface area contributed by atoms with Crippen molar-refractivity contribution in [1.29, 1.82) is 0 Å². The van der Waals surface area contributed by atoms with Crippen molar-refractivity contribution in [3.05, 3.63) is 16.1 Å². The second-order valence-electron chi connectivity index (χ2n) is 3.52. The highest BCUT2D eigenvalue weighted by molar-refractivity contribution is 7.09. The first kappa shape index (κ1) is 12.6. The van der Waals surface area contributed by atoms with Gasteiger partial charge in [0.15, 0.2) is 0 Å². The van der Waals surface area contributed by atoms with E-state index in [9.17, 15) is 9.59 Å². The van der Waals surface area contributed by atoms with Gasteiger partial charge in [-0.1, -0.05) is 0 Å². The molecule has 0 saturated heterocycles. The van der Waals surface area contributed by atoms with Crippen LogP contribution in [0.25, 0.3) is 0 Å². The molecule has 0 aromatic carbocycles. The van der Waals surface area contributed by atoms with Gasteiger partial charge in [0.05, 0.1) is 17.2 Å². The number of aliphatic carboxylic acids is 1. The number of hydrogen-bond acceptors (Lipinski definition) is 4. The molecule has 1 amide bonds. The quantitative estimate of drug-likeness (QED) is 0.863. The molecule has 1 rings (SSSR count). The van der Waals surface area contributed by atoms with E-state index in [1.165, 1.54) is 30.1 Å². The third-order valence-corrected chi connectivity index (χ3v) is 3.05. The first-order valence-corrected chi connectivity index (χ1v) is 5.70. The summed E-state index contributed by atoms with van der Waals surface area (Å²) in [6.45, 7) is 4.96. The average molecular weight is 242 g/mol. The summed E-state index contributed by atoms with van der Waals surface area (Å²) in [7, 11) is 0. The lowest BCUT2D eigenvalue weighted by Gasteiger charge is -2.24. The van der Waals surface area contributed by atoms with Gasteiger partial charge in [0.25, 0.3) is 0 Å². The molecule has 0 fully saturated rings. The first-order valence-electron chi connectivity index (χ1n) is 4.83. The first-order chi connectivity index (χ1) is 7.41. The second kappa shape index (κ2) is 5.07. The number of aryl methyl sites for hydroxylation is 1. The van der Waals surface area contributed by atoms with Crippen molar-refractivity contribution >= 4 is 23.2 Å². The van der Waals surface area contributed by atoms with Gasteiger partial charge in [-0.05, 0) is 13.8 Å². The summed E-state index contributed by atoms with van der Waals surface area (Å²) in [6, 6.07) is -0.834. The minimum atomic E-state index is -1.01. The highest BCUT2D eigenvalue weighted by Gasteiger charge is 2.23.